The maximum absolute atomic E-state index is 13.3. The SMILES string of the molecule is O=C1NC(=Nc2ccc(F)c(Cl)c2)S/C1=C\c1ccc(OCc2ccccc2Cl)cc1. The number of rotatable bonds is 5. The van der Waals surface area contributed by atoms with Crippen molar-refractivity contribution in [3.8, 4) is 5.75 Å². The number of thioether (sulfide) groups is 1. The van der Waals surface area contributed by atoms with Gasteiger partial charge in [0.15, 0.2) is 5.17 Å². The minimum atomic E-state index is -0.520. The van der Waals surface area contributed by atoms with Crippen molar-refractivity contribution in [3.63, 3.8) is 0 Å². The lowest BCUT2D eigenvalue weighted by Gasteiger charge is -2.08. The molecule has 4 nitrogen and oxygen atoms in total. The lowest BCUT2D eigenvalue weighted by atomic mass is 10.2. The highest BCUT2D eigenvalue weighted by Crippen LogP contribution is 2.30. The second kappa shape index (κ2) is 9.56. The van der Waals surface area contributed by atoms with Crippen LogP contribution in [0.1, 0.15) is 11.1 Å². The van der Waals surface area contributed by atoms with E-state index in [1.54, 1.807) is 6.08 Å². The summed E-state index contributed by atoms with van der Waals surface area (Å²) in [5.74, 6) is -0.0781. The average Bonchev–Trinajstić information content (AvgIpc) is 3.10. The molecule has 0 aromatic heterocycles. The first-order chi connectivity index (χ1) is 15.0. The van der Waals surface area contributed by atoms with Crippen molar-refractivity contribution in [2.24, 2.45) is 4.99 Å². The van der Waals surface area contributed by atoms with Crippen LogP contribution in [0.5, 0.6) is 5.75 Å². The molecule has 0 radical (unpaired) electrons. The normalized spacial score (nSPS) is 16.0. The lowest BCUT2D eigenvalue weighted by Crippen LogP contribution is -2.19. The molecule has 3 aromatic rings. The monoisotopic (exact) mass is 472 g/mol. The number of nitrogens with one attached hydrogen (secondary N) is 1. The fourth-order valence-corrected chi connectivity index (χ4v) is 3.95. The predicted molar refractivity (Wildman–Crippen MR) is 124 cm³/mol. The largest absolute Gasteiger partial charge is 0.489 e. The van der Waals surface area contributed by atoms with E-state index in [0.717, 1.165) is 11.1 Å². The maximum Gasteiger partial charge on any atom is 0.264 e. The summed E-state index contributed by atoms with van der Waals surface area (Å²) in [6, 6.07) is 19.0. The van der Waals surface area contributed by atoms with E-state index in [0.29, 0.717) is 33.1 Å². The maximum atomic E-state index is 13.3. The summed E-state index contributed by atoms with van der Waals surface area (Å²) < 4.78 is 19.1. The van der Waals surface area contributed by atoms with Crippen molar-refractivity contribution in [1.29, 1.82) is 0 Å². The van der Waals surface area contributed by atoms with Gasteiger partial charge in [-0.1, -0.05) is 53.5 Å². The van der Waals surface area contributed by atoms with Crippen molar-refractivity contribution >= 4 is 57.8 Å². The van der Waals surface area contributed by atoms with E-state index in [1.165, 1.54) is 30.0 Å². The van der Waals surface area contributed by atoms with Gasteiger partial charge in [-0.25, -0.2) is 9.38 Å². The van der Waals surface area contributed by atoms with Gasteiger partial charge in [0.25, 0.3) is 5.91 Å². The quantitative estimate of drug-likeness (QED) is 0.425. The van der Waals surface area contributed by atoms with Crippen LogP contribution in [0.25, 0.3) is 6.08 Å². The molecule has 156 valence electrons. The molecule has 1 aliphatic rings. The van der Waals surface area contributed by atoms with Crippen LogP contribution in [0, 0.1) is 5.82 Å². The number of amidine groups is 1. The van der Waals surface area contributed by atoms with Crippen molar-refractivity contribution in [3.05, 3.63) is 98.6 Å². The van der Waals surface area contributed by atoms with E-state index in [-0.39, 0.29) is 10.9 Å². The number of carbonyl (C=O) groups excluding carboxylic acids is 1. The van der Waals surface area contributed by atoms with Crippen molar-refractivity contribution < 1.29 is 13.9 Å². The van der Waals surface area contributed by atoms with E-state index in [2.05, 4.69) is 10.3 Å². The van der Waals surface area contributed by atoms with Gasteiger partial charge in [0.05, 0.1) is 15.6 Å². The molecule has 1 aliphatic heterocycles. The molecule has 8 heteroatoms. The van der Waals surface area contributed by atoms with Gasteiger partial charge in [-0.05, 0) is 59.8 Å². The number of aliphatic imine (C=N–C) groups is 1. The highest BCUT2D eigenvalue weighted by molar-refractivity contribution is 8.18. The van der Waals surface area contributed by atoms with Crippen LogP contribution in [0.3, 0.4) is 0 Å². The Morgan fingerprint density at radius 3 is 2.55 bits per heavy atom. The van der Waals surface area contributed by atoms with Crippen LogP contribution >= 0.6 is 35.0 Å². The Hall–Kier alpha value is -2.80. The number of amides is 1. The van der Waals surface area contributed by atoms with Gasteiger partial charge in [-0.2, -0.15) is 0 Å². The first kappa shape index (κ1) is 21.4. The molecule has 0 unspecified atom stereocenters. The Labute approximate surface area is 192 Å². The molecule has 1 fully saturated rings. The van der Waals surface area contributed by atoms with Gasteiger partial charge in [0, 0.05) is 10.6 Å². The van der Waals surface area contributed by atoms with Crippen LogP contribution in [-0.2, 0) is 11.4 Å². The van der Waals surface area contributed by atoms with Crippen LogP contribution in [0.15, 0.2) is 76.6 Å². The minimum Gasteiger partial charge on any atom is -0.489 e. The Kier molecular flexibility index (Phi) is 6.61. The van der Waals surface area contributed by atoms with E-state index in [1.807, 2.05) is 48.5 Å². The number of carbonyl (C=O) groups is 1. The zero-order valence-corrected chi connectivity index (χ0v) is 18.3. The standard InChI is InChI=1S/C23H15Cl2FN2O2S/c24-18-4-2-1-3-15(18)13-30-17-8-5-14(6-9-17)11-21-22(29)28-23(31-21)27-16-7-10-20(26)19(25)12-16/h1-12H,13H2,(H,27,28,29)/b21-11-. The molecule has 4 rings (SSSR count). The van der Waals surface area contributed by atoms with E-state index in [9.17, 15) is 9.18 Å². The minimum absolute atomic E-state index is 0.0243. The summed E-state index contributed by atoms with van der Waals surface area (Å²) >= 11 is 13.1. The first-order valence-corrected chi connectivity index (χ1v) is 10.8. The molecule has 0 saturated carbocycles. The number of halogens is 3. The smallest absolute Gasteiger partial charge is 0.264 e. The van der Waals surface area contributed by atoms with E-state index >= 15 is 0 Å². The molecule has 1 heterocycles. The van der Waals surface area contributed by atoms with Gasteiger partial charge in [0.2, 0.25) is 0 Å². The molecule has 1 saturated heterocycles. The second-order valence-corrected chi connectivity index (χ2v) is 8.37. The number of nitrogens with zero attached hydrogens (tertiary/aromatic N) is 1. The summed E-state index contributed by atoms with van der Waals surface area (Å²) in [6.07, 6.45) is 1.76. The summed E-state index contributed by atoms with van der Waals surface area (Å²) in [5, 5.41) is 3.73. The zero-order chi connectivity index (χ0) is 21.8. The number of benzene rings is 3. The molecule has 1 N–H and O–H groups in total. The third-order valence-corrected chi connectivity index (χ3v) is 5.88. The van der Waals surface area contributed by atoms with Gasteiger partial charge >= 0.3 is 0 Å². The number of hydrogen-bond acceptors (Lipinski definition) is 4. The van der Waals surface area contributed by atoms with Crippen molar-refractivity contribution in [1.82, 2.24) is 5.32 Å². The van der Waals surface area contributed by atoms with Gasteiger partial charge < -0.3 is 10.1 Å². The van der Waals surface area contributed by atoms with Gasteiger partial charge in [0.1, 0.15) is 18.2 Å². The topological polar surface area (TPSA) is 50.7 Å². The Balaban J connectivity index is 1.42. The van der Waals surface area contributed by atoms with Crippen LogP contribution < -0.4 is 10.1 Å². The van der Waals surface area contributed by atoms with E-state index < -0.39 is 5.82 Å². The fraction of sp³-hybridized carbons (Fsp3) is 0.0435. The molecular weight excluding hydrogens is 458 g/mol. The molecule has 0 bridgehead atoms. The third kappa shape index (κ3) is 5.47. The molecule has 0 aliphatic carbocycles. The number of ether oxygens (including phenoxy) is 1. The van der Waals surface area contributed by atoms with Crippen molar-refractivity contribution in [2.45, 2.75) is 6.61 Å². The Morgan fingerprint density at radius 1 is 1.03 bits per heavy atom. The summed E-state index contributed by atoms with van der Waals surface area (Å²) in [4.78, 5) is 17.1. The van der Waals surface area contributed by atoms with E-state index in [4.69, 9.17) is 27.9 Å². The zero-order valence-electron chi connectivity index (χ0n) is 15.9. The Morgan fingerprint density at radius 2 is 1.81 bits per heavy atom. The second-order valence-electron chi connectivity index (χ2n) is 6.53. The van der Waals surface area contributed by atoms with Gasteiger partial charge in [-0.15, -0.1) is 0 Å². The fourth-order valence-electron chi connectivity index (χ4n) is 2.74. The molecule has 0 spiro atoms. The van der Waals surface area contributed by atoms with Crippen molar-refractivity contribution in [2.75, 3.05) is 0 Å². The molecular formula is C23H15Cl2FN2O2S. The summed E-state index contributed by atoms with van der Waals surface area (Å²) in [5.41, 5.74) is 2.20. The third-order valence-electron chi connectivity index (χ3n) is 4.31. The summed E-state index contributed by atoms with van der Waals surface area (Å²) in [7, 11) is 0. The molecule has 0 atom stereocenters. The summed E-state index contributed by atoms with van der Waals surface area (Å²) in [6.45, 7) is 0.367. The van der Waals surface area contributed by atoms with Crippen LogP contribution in [-0.4, -0.2) is 11.1 Å². The van der Waals surface area contributed by atoms with Crippen LogP contribution in [0.2, 0.25) is 10.0 Å². The molecule has 31 heavy (non-hydrogen) atoms. The Bertz CT molecular complexity index is 1200. The molecule has 1 amide bonds. The lowest BCUT2D eigenvalue weighted by molar-refractivity contribution is -0.115. The van der Waals surface area contributed by atoms with Gasteiger partial charge in [-0.3, -0.25) is 4.79 Å². The average molecular weight is 473 g/mol. The predicted octanol–water partition coefficient (Wildman–Crippen LogP) is 6.60. The van der Waals surface area contributed by atoms with Crippen LogP contribution in [0.4, 0.5) is 10.1 Å². The first-order valence-electron chi connectivity index (χ1n) is 9.19. The highest BCUT2D eigenvalue weighted by Gasteiger charge is 2.23. The number of hydrogen-bond donors (Lipinski definition) is 1. The highest BCUT2D eigenvalue weighted by atomic mass is 35.5. The molecule has 3 aromatic carbocycles.